The van der Waals surface area contributed by atoms with Gasteiger partial charge in [0, 0.05) is 13.1 Å². The number of amides is 1. The van der Waals surface area contributed by atoms with Gasteiger partial charge in [-0.2, -0.15) is 0 Å². The summed E-state index contributed by atoms with van der Waals surface area (Å²) in [6.45, 7) is 4.80. The van der Waals surface area contributed by atoms with E-state index in [1.807, 2.05) is 32.0 Å². The molecule has 2 rings (SSSR count). The molecule has 1 aromatic carbocycles. The van der Waals surface area contributed by atoms with Crippen LogP contribution in [0.25, 0.3) is 0 Å². The Morgan fingerprint density at radius 3 is 2.57 bits per heavy atom. The summed E-state index contributed by atoms with van der Waals surface area (Å²) in [6.07, 6.45) is 1.36. The summed E-state index contributed by atoms with van der Waals surface area (Å²) < 4.78 is 5.54. The zero-order valence-corrected chi connectivity index (χ0v) is 12.5. The highest BCUT2D eigenvalue weighted by molar-refractivity contribution is 5.79. The highest BCUT2D eigenvalue weighted by Crippen LogP contribution is 2.18. The van der Waals surface area contributed by atoms with Crippen LogP contribution in [0.4, 0.5) is 0 Å². The van der Waals surface area contributed by atoms with Gasteiger partial charge < -0.3 is 14.7 Å². The van der Waals surface area contributed by atoms with Gasteiger partial charge in [0.15, 0.2) is 6.61 Å². The molecule has 0 aromatic heterocycles. The molecule has 1 aromatic rings. The molecule has 1 saturated heterocycles. The minimum Gasteiger partial charge on any atom is -0.484 e. The molecule has 0 bridgehead atoms. The monoisotopic (exact) mass is 291 g/mol. The molecule has 5 heteroatoms. The Labute approximate surface area is 124 Å². The lowest BCUT2D eigenvalue weighted by molar-refractivity contribution is -0.146. The normalized spacial score (nSPS) is 18.4. The van der Waals surface area contributed by atoms with Gasteiger partial charge in [-0.15, -0.1) is 0 Å². The summed E-state index contributed by atoms with van der Waals surface area (Å²) >= 11 is 0. The molecule has 1 fully saturated rings. The third-order valence-electron chi connectivity index (χ3n) is 3.68. The van der Waals surface area contributed by atoms with Crippen LogP contribution in [0, 0.1) is 19.8 Å². The maximum absolute atomic E-state index is 12.1. The topological polar surface area (TPSA) is 66.8 Å². The number of ether oxygens (including phenoxy) is 1. The Bertz CT molecular complexity index is 521. The van der Waals surface area contributed by atoms with Crippen molar-refractivity contribution in [3.63, 3.8) is 0 Å². The molecular formula is C16H21NO4. The van der Waals surface area contributed by atoms with Gasteiger partial charge in [-0.3, -0.25) is 9.59 Å². The van der Waals surface area contributed by atoms with Gasteiger partial charge >= 0.3 is 5.97 Å². The Kier molecular flexibility index (Phi) is 4.83. The smallest absolute Gasteiger partial charge is 0.308 e. The summed E-state index contributed by atoms with van der Waals surface area (Å²) in [5.74, 6) is -0.764. The number of carbonyl (C=O) groups excluding carboxylic acids is 1. The first-order valence-electron chi connectivity index (χ1n) is 7.17. The van der Waals surface area contributed by atoms with Crippen LogP contribution in [-0.2, 0) is 9.59 Å². The molecule has 1 aliphatic rings. The summed E-state index contributed by atoms with van der Waals surface area (Å²) in [6, 6.07) is 5.81. The number of aryl methyl sites for hydroxylation is 2. The predicted octanol–water partition coefficient (Wildman–Crippen LogP) is 2.01. The molecule has 0 spiro atoms. The van der Waals surface area contributed by atoms with Crippen molar-refractivity contribution in [1.82, 2.24) is 4.90 Å². The van der Waals surface area contributed by atoms with E-state index in [1.165, 1.54) is 0 Å². The van der Waals surface area contributed by atoms with Gasteiger partial charge in [0.05, 0.1) is 5.92 Å². The van der Waals surface area contributed by atoms with E-state index in [0.29, 0.717) is 18.7 Å². The van der Waals surface area contributed by atoms with Crippen molar-refractivity contribution < 1.29 is 19.4 Å². The number of nitrogens with zero attached hydrogens (tertiary/aromatic N) is 1. The molecule has 0 aliphatic carbocycles. The molecule has 21 heavy (non-hydrogen) atoms. The lowest BCUT2D eigenvalue weighted by atomic mass is 9.98. The van der Waals surface area contributed by atoms with E-state index in [4.69, 9.17) is 9.84 Å². The first-order chi connectivity index (χ1) is 9.95. The fourth-order valence-electron chi connectivity index (χ4n) is 2.66. The molecule has 1 unspecified atom stereocenters. The van der Waals surface area contributed by atoms with Gasteiger partial charge in [-0.05, 0) is 49.9 Å². The summed E-state index contributed by atoms with van der Waals surface area (Å²) in [5.41, 5.74) is 2.17. The molecule has 5 nitrogen and oxygen atoms in total. The first kappa shape index (κ1) is 15.4. The Morgan fingerprint density at radius 2 is 1.95 bits per heavy atom. The Morgan fingerprint density at radius 1 is 1.29 bits per heavy atom. The number of aliphatic carboxylic acids is 1. The fourth-order valence-corrected chi connectivity index (χ4v) is 2.66. The number of hydrogen-bond acceptors (Lipinski definition) is 3. The van der Waals surface area contributed by atoms with Crippen LogP contribution in [0.1, 0.15) is 24.0 Å². The third kappa shape index (κ3) is 4.21. The van der Waals surface area contributed by atoms with E-state index < -0.39 is 11.9 Å². The summed E-state index contributed by atoms with van der Waals surface area (Å²) in [4.78, 5) is 24.7. The van der Waals surface area contributed by atoms with Crippen LogP contribution in [-0.4, -0.2) is 41.6 Å². The van der Waals surface area contributed by atoms with Crippen LogP contribution in [0.3, 0.4) is 0 Å². The van der Waals surface area contributed by atoms with E-state index in [-0.39, 0.29) is 19.1 Å². The van der Waals surface area contributed by atoms with E-state index in [9.17, 15) is 9.59 Å². The van der Waals surface area contributed by atoms with E-state index in [2.05, 4.69) is 0 Å². The average Bonchev–Trinajstić information content (AvgIpc) is 2.44. The number of benzene rings is 1. The number of likely N-dealkylation sites (tertiary alicyclic amines) is 1. The van der Waals surface area contributed by atoms with Gasteiger partial charge in [0.1, 0.15) is 5.75 Å². The molecule has 1 atom stereocenters. The number of carboxylic acid groups (broad SMARTS) is 1. The summed E-state index contributed by atoms with van der Waals surface area (Å²) in [5, 5.41) is 9.04. The van der Waals surface area contributed by atoms with Crippen LogP contribution >= 0.6 is 0 Å². The number of piperidine rings is 1. The van der Waals surface area contributed by atoms with Crippen molar-refractivity contribution in [2.24, 2.45) is 5.92 Å². The van der Waals surface area contributed by atoms with Gasteiger partial charge in [-0.1, -0.05) is 6.07 Å². The van der Waals surface area contributed by atoms with Crippen molar-refractivity contribution in [3.8, 4) is 5.75 Å². The molecule has 1 amide bonds. The van der Waals surface area contributed by atoms with Crippen molar-refractivity contribution in [3.05, 3.63) is 29.3 Å². The Hall–Kier alpha value is -2.04. The van der Waals surface area contributed by atoms with Gasteiger partial charge in [0.2, 0.25) is 0 Å². The minimum absolute atomic E-state index is 0.0464. The highest BCUT2D eigenvalue weighted by atomic mass is 16.5. The number of hydrogen-bond donors (Lipinski definition) is 1. The maximum atomic E-state index is 12.1. The fraction of sp³-hybridized carbons (Fsp3) is 0.500. The molecule has 0 radical (unpaired) electrons. The Balaban J connectivity index is 1.90. The van der Waals surface area contributed by atoms with E-state index >= 15 is 0 Å². The second-order valence-electron chi connectivity index (χ2n) is 5.63. The van der Waals surface area contributed by atoms with E-state index in [1.54, 1.807) is 4.90 Å². The number of carboxylic acids is 1. The van der Waals surface area contributed by atoms with Crippen LogP contribution in [0.2, 0.25) is 0 Å². The van der Waals surface area contributed by atoms with Gasteiger partial charge in [-0.25, -0.2) is 0 Å². The molecule has 0 saturated carbocycles. The SMILES string of the molecule is Cc1cc(C)cc(OCC(=O)N2CCCC(C(=O)O)C2)c1. The molecule has 114 valence electrons. The second-order valence-corrected chi connectivity index (χ2v) is 5.63. The largest absolute Gasteiger partial charge is 0.484 e. The zero-order chi connectivity index (χ0) is 15.4. The average molecular weight is 291 g/mol. The van der Waals surface area contributed by atoms with Crippen molar-refractivity contribution in [2.45, 2.75) is 26.7 Å². The third-order valence-corrected chi connectivity index (χ3v) is 3.68. The van der Waals surface area contributed by atoms with Crippen LogP contribution in [0.5, 0.6) is 5.75 Å². The van der Waals surface area contributed by atoms with Crippen molar-refractivity contribution in [2.75, 3.05) is 19.7 Å². The molecule has 1 heterocycles. The van der Waals surface area contributed by atoms with Crippen LogP contribution in [0.15, 0.2) is 18.2 Å². The second kappa shape index (κ2) is 6.61. The lowest BCUT2D eigenvalue weighted by Crippen LogP contribution is -2.44. The predicted molar refractivity (Wildman–Crippen MR) is 78.4 cm³/mol. The zero-order valence-electron chi connectivity index (χ0n) is 12.5. The maximum Gasteiger partial charge on any atom is 0.308 e. The number of carbonyl (C=O) groups is 2. The molecule has 1 N–H and O–H groups in total. The lowest BCUT2D eigenvalue weighted by Gasteiger charge is -2.30. The summed E-state index contributed by atoms with van der Waals surface area (Å²) in [7, 11) is 0. The standard InChI is InChI=1S/C16H21NO4/c1-11-6-12(2)8-14(7-11)21-10-15(18)17-5-3-4-13(9-17)16(19)20/h6-8,13H,3-5,9-10H2,1-2H3,(H,19,20). The van der Waals surface area contributed by atoms with Crippen molar-refractivity contribution >= 4 is 11.9 Å². The number of rotatable bonds is 4. The molecule has 1 aliphatic heterocycles. The first-order valence-corrected chi connectivity index (χ1v) is 7.17. The quantitative estimate of drug-likeness (QED) is 0.921. The van der Waals surface area contributed by atoms with Crippen LogP contribution < -0.4 is 4.74 Å². The minimum atomic E-state index is -0.831. The molecular weight excluding hydrogens is 270 g/mol. The van der Waals surface area contributed by atoms with E-state index in [0.717, 1.165) is 17.5 Å². The van der Waals surface area contributed by atoms with Crippen molar-refractivity contribution in [1.29, 1.82) is 0 Å². The highest BCUT2D eigenvalue weighted by Gasteiger charge is 2.28. The van der Waals surface area contributed by atoms with Gasteiger partial charge in [0.25, 0.3) is 5.91 Å².